The van der Waals surface area contributed by atoms with Crippen LogP contribution in [0, 0.1) is 0 Å². The molecule has 2 nitrogen and oxygen atoms in total. The van der Waals surface area contributed by atoms with Crippen molar-refractivity contribution in [2.75, 3.05) is 14.2 Å². The summed E-state index contributed by atoms with van der Waals surface area (Å²) in [6, 6.07) is 34.3. The highest BCUT2D eigenvalue weighted by Gasteiger charge is 2.23. The fourth-order valence-corrected chi connectivity index (χ4v) is 6.91. The smallest absolute Gasteiger partial charge is 0.118 e. The van der Waals surface area contributed by atoms with Crippen molar-refractivity contribution in [1.82, 2.24) is 0 Å². The van der Waals surface area contributed by atoms with Crippen LogP contribution >= 0.6 is 22.7 Å². The van der Waals surface area contributed by atoms with E-state index in [0.29, 0.717) is 0 Å². The van der Waals surface area contributed by atoms with Gasteiger partial charge in [-0.3, -0.25) is 0 Å². The van der Waals surface area contributed by atoms with Crippen LogP contribution < -0.4 is 9.47 Å². The lowest BCUT2D eigenvalue weighted by atomic mass is 9.94. The molecule has 0 unspecified atom stereocenters. The molecule has 166 valence electrons. The van der Waals surface area contributed by atoms with E-state index in [4.69, 9.17) is 9.47 Å². The first-order valence-corrected chi connectivity index (χ1v) is 12.7. The second-order valence-corrected chi connectivity index (χ2v) is 10.2. The first-order chi connectivity index (χ1) is 16.8. The first kappa shape index (κ1) is 21.0. The Hall–Kier alpha value is -3.60. The van der Waals surface area contributed by atoms with E-state index in [9.17, 15) is 0 Å². The predicted molar refractivity (Wildman–Crippen MR) is 147 cm³/mol. The molecule has 0 saturated carbocycles. The maximum atomic E-state index is 5.41. The summed E-state index contributed by atoms with van der Waals surface area (Å²) in [7, 11) is 3.41. The van der Waals surface area contributed by atoms with Crippen molar-refractivity contribution in [1.29, 1.82) is 0 Å². The second-order valence-electron chi connectivity index (χ2n) is 8.06. The average molecular weight is 479 g/mol. The van der Waals surface area contributed by atoms with E-state index in [1.165, 1.54) is 52.2 Å². The monoisotopic (exact) mass is 478 g/mol. The Kier molecular flexibility index (Phi) is 5.33. The second kappa shape index (κ2) is 8.64. The van der Waals surface area contributed by atoms with E-state index in [-0.39, 0.29) is 0 Å². The average Bonchev–Trinajstić information content (AvgIpc) is 3.47. The highest BCUT2D eigenvalue weighted by Crippen LogP contribution is 2.52. The number of benzene rings is 4. The molecule has 0 bridgehead atoms. The lowest BCUT2D eigenvalue weighted by molar-refractivity contribution is 0.415. The molecule has 0 amide bonds. The SMILES string of the molecule is COc1ccc(-c2sc3ccccc3c2-c2c(-c3ccc(OC)cc3)sc3ccccc23)cc1. The minimum atomic E-state index is 0.867. The number of fused-ring (bicyclic) bond motifs is 2. The van der Waals surface area contributed by atoms with E-state index in [2.05, 4.69) is 72.8 Å². The molecular formula is C30H22O2S2. The zero-order valence-corrected chi connectivity index (χ0v) is 20.5. The third-order valence-corrected chi connectivity index (χ3v) is 8.59. The van der Waals surface area contributed by atoms with Crippen LogP contribution in [-0.4, -0.2) is 14.2 Å². The maximum absolute atomic E-state index is 5.41. The normalized spacial score (nSPS) is 11.2. The van der Waals surface area contributed by atoms with Crippen LogP contribution in [0.5, 0.6) is 11.5 Å². The van der Waals surface area contributed by atoms with Crippen molar-refractivity contribution in [3.8, 4) is 43.5 Å². The van der Waals surface area contributed by atoms with E-state index >= 15 is 0 Å². The van der Waals surface area contributed by atoms with Gasteiger partial charge in [0.1, 0.15) is 11.5 Å². The molecule has 0 atom stereocenters. The van der Waals surface area contributed by atoms with Gasteiger partial charge in [-0.25, -0.2) is 0 Å². The van der Waals surface area contributed by atoms with Crippen molar-refractivity contribution < 1.29 is 9.47 Å². The standard InChI is InChI=1S/C30H22O2S2/c1-31-21-15-11-19(12-16-21)29-27(23-7-3-5-9-25(23)33-29)28-24-8-4-6-10-26(24)34-30(28)20-13-17-22(32-2)18-14-20/h3-18H,1-2H3. The van der Waals surface area contributed by atoms with Crippen molar-refractivity contribution in [2.45, 2.75) is 0 Å². The van der Waals surface area contributed by atoms with Gasteiger partial charge in [-0.2, -0.15) is 0 Å². The topological polar surface area (TPSA) is 18.5 Å². The molecule has 0 saturated heterocycles. The minimum absolute atomic E-state index is 0.867. The third kappa shape index (κ3) is 3.47. The Morgan fingerprint density at radius 2 is 0.853 bits per heavy atom. The molecule has 6 aromatic rings. The Bertz CT molecular complexity index is 1480. The number of hydrogen-bond donors (Lipinski definition) is 0. The fraction of sp³-hybridized carbons (Fsp3) is 0.0667. The number of thiophene rings is 2. The van der Waals surface area contributed by atoms with Gasteiger partial charge in [0, 0.05) is 41.1 Å². The number of hydrogen-bond acceptors (Lipinski definition) is 4. The molecule has 0 aliphatic rings. The Morgan fingerprint density at radius 1 is 0.471 bits per heavy atom. The third-order valence-electron chi connectivity index (χ3n) is 6.15. The van der Waals surface area contributed by atoms with Crippen LogP contribution in [0.4, 0.5) is 0 Å². The van der Waals surface area contributed by atoms with Crippen molar-refractivity contribution in [2.24, 2.45) is 0 Å². The molecule has 0 aliphatic carbocycles. The Balaban J connectivity index is 1.68. The minimum Gasteiger partial charge on any atom is -0.497 e. The van der Waals surface area contributed by atoms with Gasteiger partial charge in [-0.1, -0.05) is 36.4 Å². The van der Waals surface area contributed by atoms with Gasteiger partial charge in [0.15, 0.2) is 0 Å². The molecular weight excluding hydrogens is 456 g/mol. The summed E-state index contributed by atoms with van der Waals surface area (Å²) in [6.07, 6.45) is 0. The van der Waals surface area contributed by atoms with Crippen LogP contribution in [0.15, 0.2) is 97.1 Å². The van der Waals surface area contributed by atoms with Gasteiger partial charge in [0.05, 0.1) is 14.2 Å². The van der Waals surface area contributed by atoms with Gasteiger partial charge in [0.25, 0.3) is 0 Å². The van der Waals surface area contributed by atoms with Gasteiger partial charge in [-0.15, -0.1) is 22.7 Å². The van der Waals surface area contributed by atoms with Gasteiger partial charge >= 0.3 is 0 Å². The van der Waals surface area contributed by atoms with Gasteiger partial charge < -0.3 is 9.47 Å². The van der Waals surface area contributed by atoms with Crippen LogP contribution in [0.3, 0.4) is 0 Å². The Morgan fingerprint density at radius 3 is 1.24 bits per heavy atom. The summed E-state index contributed by atoms with van der Waals surface area (Å²) in [5.74, 6) is 1.73. The van der Waals surface area contributed by atoms with Crippen molar-refractivity contribution >= 4 is 42.8 Å². The van der Waals surface area contributed by atoms with E-state index in [0.717, 1.165) is 11.5 Å². The van der Waals surface area contributed by atoms with E-state index in [1.54, 1.807) is 14.2 Å². The molecule has 2 heterocycles. The first-order valence-electron chi connectivity index (χ1n) is 11.1. The molecule has 4 aromatic carbocycles. The lowest BCUT2D eigenvalue weighted by Gasteiger charge is -2.10. The molecule has 0 aliphatic heterocycles. The van der Waals surface area contributed by atoms with E-state index < -0.39 is 0 Å². The number of methoxy groups -OCH3 is 2. The fourth-order valence-electron chi connectivity index (χ4n) is 4.48. The van der Waals surface area contributed by atoms with E-state index in [1.807, 2.05) is 46.9 Å². The van der Waals surface area contributed by atoms with Crippen LogP contribution in [-0.2, 0) is 0 Å². The summed E-state index contributed by atoms with van der Waals surface area (Å²) in [5.41, 5.74) is 5.00. The molecule has 0 fully saturated rings. The molecule has 2 aromatic heterocycles. The summed E-state index contributed by atoms with van der Waals surface area (Å²) in [5, 5.41) is 2.58. The summed E-state index contributed by atoms with van der Waals surface area (Å²) >= 11 is 3.70. The van der Waals surface area contributed by atoms with Crippen LogP contribution in [0.25, 0.3) is 52.2 Å². The van der Waals surface area contributed by atoms with Crippen LogP contribution in [0.2, 0.25) is 0 Å². The van der Waals surface area contributed by atoms with Gasteiger partial charge in [0.2, 0.25) is 0 Å². The molecule has 4 heteroatoms. The summed E-state index contributed by atoms with van der Waals surface area (Å²) in [6.45, 7) is 0. The lowest BCUT2D eigenvalue weighted by Crippen LogP contribution is -1.85. The van der Waals surface area contributed by atoms with Gasteiger partial charge in [-0.05, 0) is 71.8 Å². The number of rotatable bonds is 5. The Labute approximate surface area is 206 Å². The molecule has 6 rings (SSSR count). The zero-order chi connectivity index (χ0) is 23.1. The molecule has 0 N–H and O–H groups in total. The molecule has 34 heavy (non-hydrogen) atoms. The molecule has 0 radical (unpaired) electrons. The number of ether oxygens (including phenoxy) is 2. The largest absolute Gasteiger partial charge is 0.497 e. The highest BCUT2D eigenvalue weighted by molar-refractivity contribution is 7.24. The van der Waals surface area contributed by atoms with Crippen LogP contribution in [0.1, 0.15) is 0 Å². The maximum Gasteiger partial charge on any atom is 0.118 e. The molecule has 0 spiro atoms. The van der Waals surface area contributed by atoms with Crippen molar-refractivity contribution in [3.63, 3.8) is 0 Å². The zero-order valence-electron chi connectivity index (χ0n) is 18.9. The predicted octanol–water partition coefficient (Wildman–Crippen LogP) is 9.13. The summed E-state index contributed by atoms with van der Waals surface area (Å²) < 4.78 is 13.4. The highest BCUT2D eigenvalue weighted by atomic mass is 32.1. The summed E-state index contributed by atoms with van der Waals surface area (Å²) in [4.78, 5) is 2.56. The quantitative estimate of drug-likeness (QED) is 0.246. The van der Waals surface area contributed by atoms with Crippen molar-refractivity contribution in [3.05, 3.63) is 97.1 Å².